The molecule has 0 aliphatic heterocycles. The number of aromatic nitrogens is 1. The van der Waals surface area contributed by atoms with E-state index >= 15 is 0 Å². The zero-order chi connectivity index (χ0) is 18.9. The summed E-state index contributed by atoms with van der Waals surface area (Å²) in [5.41, 5.74) is 4.09. The highest BCUT2D eigenvalue weighted by atomic mass is 32.2. The summed E-state index contributed by atoms with van der Waals surface area (Å²) in [7, 11) is -3.70. The predicted octanol–water partition coefficient (Wildman–Crippen LogP) is 4.13. The first-order valence-corrected chi connectivity index (χ1v) is 9.94. The summed E-state index contributed by atoms with van der Waals surface area (Å²) in [4.78, 5) is 3.34. The van der Waals surface area contributed by atoms with Crippen LogP contribution in [0.3, 0.4) is 0 Å². The van der Waals surface area contributed by atoms with Crippen LogP contribution in [0.2, 0.25) is 0 Å². The summed E-state index contributed by atoms with van der Waals surface area (Å²) in [6.45, 7) is -0.143. The number of nitrogens with one attached hydrogen (secondary N) is 2. The first kappa shape index (κ1) is 17.3. The summed E-state index contributed by atoms with van der Waals surface area (Å²) in [6, 6.07) is 21.5. The Hall–Kier alpha value is -3.09. The van der Waals surface area contributed by atoms with Crippen LogP contribution in [-0.2, 0) is 16.6 Å². The van der Waals surface area contributed by atoms with E-state index in [2.05, 4.69) is 15.8 Å². The van der Waals surface area contributed by atoms with Gasteiger partial charge in [-0.2, -0.15) is 0 Å². The number of hydrogen-bond acceptors (Lipinski definition) is 3. The first-order valence-electron chi connectivity index (χ1n) is 8.45. The number of rotatable bonds is 5. The van der Waals surface area contributed by atoms with Gasteiger partial charge in [-0.05, 0) is 64.5 Å². The Bertz CT molecular complexity index is 1200. The fourth-order valence-corrected chi connectivity index (χ4v) is 4.06. The van der Waals surface area contributed by atoms with Crippen LogP contribution in [0, 0.1) is 0 Å². The Morgan fingerprint density at radius 1 is 0.889 bits per heavy atom. The molecule has 0 saturated carbocycles. The van der Waals surface area contributed by atoms with E-state index in [0.29, 0.717) is 11.3 Å². The van der Waals surface area contributed by atoms with E-state index in [9.17, 15) is 13.5 Å². The molecule has 4 rings (SSSR count). The van der Waals surface area contributed by atoms with Gasteiger partial charge in [-0.1, -0.05) is 30.3 Å². The lowest BCUT2D eigenvalue weighted by Gasteiger charge is -2.10. The van der Waals surface area contributed by atoms with E-state index in [4.69, 9.17) is 0 Å². The molecule has 3 N–H and O–H groups in total. The third-order valence-corrected chi connectivity index (χ3v) is 5.81. The van der Waals surface area contributed by atoms with Gasteiger partial charge in [0.1, 0.15) is 0 Å². The lowest BCUT2D eigenvalue weighted by atomic mass is 10.0. The van der Waals surface area contributed by atoms with Crippen molar-refractivity contribution in [3.63, 3.8) is 0 Å². The lowest BCUT2D eigenvalue weighted by molar-refractivity contribution is 0.282. The Morgan fingerprint density at radius 3 is 2.44 bits per heavy atom. The van der Waals surface area contributed by atoms with Gasteiger partial charge in [0.15, 0.2) is 0 Å². The number of aliphatic hydroxyl groups is 1. The van der Waals surface area contributed by atoms with Crippen molar-refractivity contribution in [2.45, 2.75) is 11.5 Å². The number of aromatic amines is 1. The quantitative estimate of drug-likeness (QED) is 0.488. The Balaban J connectivity index is 1.60. The minimum absolute atomic E-state index is 0.143. The van der Waals surface area contributed by atoms with Crippen LogP contribution < -0.4 is 4.72 Å². The van der Waals surface area contributed by atoms with Gasteiger partial charge in [-0.3, -0.25) is 4.72 Å². The molecule has 0 aliphatic rings. The number of benzene rings is 3. The fourth-order valence-electron chi connectivity index (χ4n) is 3.01. The van der Waals surface area contributed by atoms with E-state index in [0.717, 1.165) is 22.0 Å². The minimum Gasteiger partial charge on any atom is -0.392 e. The summed E-state index contributed by atoms with van der Waals surface area (Å²) >= 11 is 0. The molecule has 3 aromatic carbocycles. The average molecular weight is 378 g/mol. The SMILES string of the molecule is O=S(=O)(Nc1cccc(CO)c1)c1ccc(-c2ccc3[nH]ccc3c2)cc1. The van der Waals surface area contributed by atoms with E-state index in [-0.39, 0.29) is 11.5 Å². The van der Waals surface area contributed by atoms with Crippen LogP contribution in [0.5, 0.6) is 0 Å². The van der Waals surface area contributed by atoms with Crippen molar-refractivity contribution in [2.75, 3.05) is 4.72 Å². The van der Waals surface area contributed by atoms with Crippen molar-refractivity contribution >= 4 is 26.6 Å². The molecule has 0 amide bonds. The summed E-state index contributed by atoms with van der Waals surface area (Å²) < 4.78 is 27.8. The third kappa shape index (κ3) is 3.58. The molecule has 6 heteroatoms. The second-order valence-electron chi connectivity index (χ2n) is 6.27. The molecule has 0 atom stereocenters. The largest absolute Gasteiger partial charge is 0.392 e. The maximum Gasteiger partial charge on any atom is 0.261 e. The third-order valence-electron chi connectivity index (χ3n) is 4.41. The van der Waals surface area contributed by atoms with Crippen molar-refractivity contribution in [2.24, 2.45) is 0 Å². The van der Waals surface area contributed by atoms with E-state index in [1.165, 1.54) is 0 Å². The smallest absolute Gasteiger partial charge is 0.261 e. The van der Waals surface area contributed by atoms with Gasteiger partial charge in [-0.25, -0.2) is 8.42 Å². The summed E-state index contributed by atoms with van der Waals surface area (Å²) in [5, 5.41) is 10.3. The van der Waals surface area contributed by atoms with Crippen LogP contribution >= 0.6 is 0 Å². The monoisotopic (exact) mass is 378 g/mol. The molecule has 0 fully saturated rings. The van der Waals surface area contributed by atoms with Gasteiger partial charge >= 0.3 is 0 Å². The molecular formula is C21H18N2O3S. The number of aliphatic hydroxyl groups excluding tert-OH is 1. The standard InChI is InChI=1S/C21H18N2O3S/c24-14-15-2-1-3-19(12-15)23-27(25,26)20-7-4-16(5-8-20)17-6-9-21-18(13-17)10-11-22-21/h1-13,22-24H,14H2. The minimum atomic E-state index is -3.70. The highest BCUT2D eigenvalue weighted by Crippen LogP contribution is 2.26. The van der Waals surface area contributed by atoms with Crippen LogP contribution in [0.15, 0.2) is 83.9 Å². The lowest BCUT2D eigenvalue weighted by Crippen LogP contribution is -2.13. The van der Waals surface area contributed by atoms with Gasteiger partial charge in [-0.15, -0.1) is 0 Å². The van der Waals surface area contributed by atoms with Gasteiger partial charge in [0, 0.05) is 17.4 Å². The van der Waals surface area contributed by atoms with Gasteiger partial charge in [0.2, 0.25) is 0 Å². The zero-order valence-electron chi connectivity index (χ0n) is 14.4. The normalized spacial score (nSPS) is 11.6. The summed E-state index contributed by atoms with van der Waals surface area (Å²) in [6.07, 6.45) is 1.89. The van der Waals surface area contributed by atoms with Crippen LogP contribution in [0.1, 0.15) is 5.56 Å². The molecule has 1 heterocycles. The van der Waals surface area contributed by atoms with Crippen molar-refractivity contribution < 1.29 is 13.5 Å². The maximum absolute atomic E-state index is 12.6. The van der Waals surface area contributed by atoms with Crippen molar-refractivity contribution in [1.82, 2.24) is 4.98 Å². The highest BCUT2D eigenvalue weighted by molar-refractivity contribution is 7.92. The molecule has 5 nitrogen and oxygen atoms in total. The Morgan fingerprint density at radius 2 is 1.67 bits per heavy atom. The number of H-pyrrole nitrogens is 1. The molecule has 136 valence electrons. The number of sulfonamides is 1. The van der Waals surface area contributed by atoms with Crippen LogP contribution in [0.4, 0.5) is 5.69 Å². The number of hydrogen-bond donors (Lipinski definition) is 3. The molecule has 0 unspecified atom stereocenters. The number of anilines is 1. The van der Waals surface area contributed by atoms with E-state index < -0.39 is 10.0 Å². The Labute approximate surface area is 157 Å². The molecule has 0 radical (unpaired) electrons. The van der Waals surface area contributed by atoms with Crippen LogP contribution in [0.25, 0.3) is 22.0 Å². The summed E-state index contributed by atoms with van der Waals surface area (Å²) in [5.74, 6) is 0. The van der Waals surface area contributed by atoms with E-state index in [1.54, 1.807) is 48.5 Å². The van der Waals surface area contributed by atoms with Crippen molar-refractivity contribution in [3.05, 3.63) is 84.6 Å². The van der Waals surface area contributed by atoms with Gasteiger partial charge in [0.05, 0.1) is 11.5 Å². The van der Waals surface area contributed by atoms with Crippen molar-refractivity contribution in [3.8, 4) is 11.1 Å². The van der Waals surface area contributed by atoms with Crippen LogP contribution in [-0.4, -0.2) is 18.5 Å². The Kier molecular flexibility index (Phi) is 4.43. The maximum atomic E-state index is 12.6. The highest BCUT2D eigenvalue weighted by Gasteiger charge is 2.14. The predicted molar refractivity (Wildman–Crippen MR) is 107 cm³/mol. The average Bonchev–Trinajstić information content (AvgIpc) is 3.16. The molecule has 0 spiro atoms. The van der Waals surface area contributed by atoms with E-state index in [1.807, 2.05) is 24.4 Å². The molecule has 0 aliphatic carbocycles. The van der Waals surface area contributed by atoms with Gasteiger partial charge in [0.25, 0.3) is 10.0 Å². The molecular weight excluding hydrogens is 360 g/mol. The first-order chi connectivity index (χ1) is 13.0. The molecule has 1 aromatic heterocycles. The van der Waals surface area contributed by atoms with Crippen molar-refractivity contribution in [1.29, 1.82) is 0 Å². The second-order valence-corrected chi connectivity index (χ2v) is 7.95. The molecule has 0 saturated heterocycles. The topological polar surface area (TPSA) is 82.2 Å². The molecule has 27 heavy (non-hydrogen) atoms. The molecule has 0 bridgehead atoms. The fraction of sp³-hybridized carbons (Fsp3) is 0.0476. The second kappa shape index (κ2) is 6.90. The zero-order valence-corrected chi connectivity index (χ0v) is 15.2. The molecule has 4 aromatic rings. The number of fused-ring (bicyclic) bond motifs is 1. The van der Waals surface area contributed by atoms with Gasteiger partial charge < -0.3 is 10.1 Å².